The number of nitrogen functional groups attached to an aromatic ring is 1. The molecule has 3 N–H and O–H groups in total. The fourth-order valence-electron chi connectivity index (χ4n) is 3.69. The molecule has 0 unspecified atom stereocenters. The largest absolute Gasteiger partial charge is 0.494 e. The van der Waals surface area contributed by atoms with Crippen LogP contribution in [0.4, 0.5) is 23.0 Å². The Morgan fingerprint density at radius 3 is 2.58 bits per heavy atom. The Morgan fingerprint density at radius 2 is 1.85 bits per heavy atom. The molecule has 0 aliphatic heterocycles. The molecule has 0 aliphatic rings. The van der Waals surface area contributed by atoms with Crippen molar-refractivity contribution in [2.24, 2.45) is 7.05 Å². The van der Waals surface area contributed by atoms with Gasteiger partial charge in [0, 0.05) is 39.4 Å². The van der Waals surface area contributed by atoms with Crippen LogP contribution in [0, 0.1) is 0 Å². The summed E-state index contributed by atoms with van der Waals surface area (Å²) in [4.78, 5) is 18.1. The lowest BCUT2D eigenvalue weighted by Crippen LogP contribution is -2.29. The average Bonchev–Trinajstić information content (AvgIpc) is 3.14. The van der Waals surface area contributed by atoms with Crippen LogP contribution in [0.2, 0.25) is 0 Å². The summed E-state index contributed by atoms with van der Waals surface area (Å²) in [7, 11) is 9.73. The number of hydrogen-bond acceptors (Lipinski definition) is 8. The summed E-state index contributed by atoms with van der Waals surface area (Å²) < 4.78 is 7.66. The van der Waals surface area contributed by atoms with Crippen LogP contribution in [0.1, 0.15) is 0 Å². The summed E-state index contributed by atoms with van der Waals surface area (Å²) in [6, 6.07) is 13.6. The molecular weight excluding hydrogens is 416 g/mol. The van der Waals surface area contributed by atoms with E-state index in [1.165, 1.54) is 0 Å². The Balaban J connectivity index is 1.62. The van der Waals surface area contributed by atoms with Crippen molar-refractivity contribution >= 4 is 34.0 Å². The molecule has 0 bridgehead atoms. The van der Waals surface area contributed by atoms with E-state index in [2.05, 4.69) is 25.1 Å². The van der Waals surface area contributed by atoms with Crippen LogP contribution in [0.25, 0.3) is 22.6 Å². The second-order valence-electron chi connectivity index (χ2n) is 8.21. The Labute approximate surface area is 193 Å². The van der Waals surface area contributed by atoms with Gasteiger partial charge in [-0.05, 0) is 38.4 Å². The number of ether oxygens (including phenoxy) is 1. The van der Waals surface area contributed by atoms with Crippen molar-refractivity contribution in [3.63, 3.8) is 0 Å². The standard InChI is InChI=1S/C24H30N8O/c1-30(2)12-13-31(3)21-15-22(33-5)19(14-16(21)25)29-24-26-11-10-18(28-24)23-27-17-8-6-7-9-20(17)32(23)4/h6-11,14-15H,12-13,25H2,1-5H3,(H,26,28,29). The molecule has 2 aromatic carbocycles. The predicted molar refractivity (Wildman–Crippen MR) is 134 cm³/mol. The average molecular weight is 447 g/mol. The predicted octanol–water partition coefficient (Wildman–Crippen LogP) is 3.36. The second kappa shape index (κ2) is 9.33. The van der Waals surface area contributed by atoms with Crippen molar-refractivity contribution in [1.82, 2.24) is 24.4 Å². The number of hydrogen-bond donors (Lipinski definition) is 2. The molecular formula is C24H30N8O. The third-order valence-corrected chi connectivity index (χ3v) is 5.56. The minimum atomic E-state index is 0.436. The molecule has 33 heavy (non-hydrogen) atoms. The fourth-order valence-corrected chi connectivity index (χ4v) is 3.69. The topological polar surface area (TPSA) is 97.4 Å². The van der Waals surface area contributed by atoms with Gasteiger partial charge in [-0.1, -0.05) is 12.1 Å². The highest BCUT2D eigenvalue weighted by molar-refractivity contribution is 5.81. The van der Waals surface area contributed by atoms with E-state index in [0.717, 1.165) is 41.3 Å². The van der Waals surface area contributed by atoms with Crippen molar-refractivity contribution < 1.29 is 4.74 Å². The number of aromatic nitrogens is 4. The summed E-state index contributed by atoms with van der Waals surface area (Å²) in [5.41, 5.74) is 11.3. The molecule has 0 saturated carbocycles. The molecule has 0 spiro atoms. The number of rotatable bonds is 8. The van der Waals surface area contributed by atoms with Gasteiger partial charge in [0.05, 0.1) is 35.2 Å². The first-order chi connectivity index (χ1) is 15.9. The molecule has 0 amide bonds. The van der Waals surface area contributed by atoms with Gasteiger partial charge in [0.25, 0.3) is 0 Å². The highest BCUT2D eigenvalue weighted by Crippen LogP contribution is 2.36. The van der Waals surface area contributed by atoms with E-state index in [1.807, 2.05) is 75.2 Å². The highest BCUT2D eigenvalue weighted by atomic mass is 16.5. The van der Waals surface area contributed by atoms with Crippen LogP contribution < -0.4 is 20.7 Å². The molecule has 4 rings (SSSR count). The minimum Gasteiger partial charge on any atom is -0.494 e. The van der Waals surface area contributed by atoms with Crippen LogP contribution in [0.3, 0.4) is 0 Å². The van der Waals surface area contributed by atoms with E-state index in [-0.39, 0.29) is 0 Å². The number of benzene rings is 2. The zero-order chi connectivity index (χ0) is 23.5. The maximum Gasteiger partial charge on any atom is 0.227 e. The number of para-hydroxylation sites is 2. The summed E-state index contributed by atoms with van der Waals surface area (Å²) in [5.74, 6) is 1.87. The number of anilines is 4. The number of imidazole rings is 1. The smallest absolute Gasteiger partial charge is 0.227 e. The molecule has 0 fully saturated rings. The molecule has 9 nitrogen and oxygen atoms in total. The van der Waals surface area contributed by atoms with Crippen LogP contribution in [-0.4, -0.2) is 65.8 Å². The summed E-state index contributed by atoms with van der Waals surface area (Å²) in [6.07, 6.45) is 1.71. The normalized spacial score (nSPS) is 11.2. The van der Waals surface area contributed by atoms with Crippen LogP contribution >= 0.6 is 0 Å². The fraction of sp³-hybridized carbons (Fsp3) is 0.292. The van der Waals surface area contributed by atoms with Gasteiger partial charge in [-0.2, -0.15) is 0 Å². The number of nitrogens with two attached hydrogens (primary N) is 1. The number of nitrogens with zero attached hydrogens (tertiary/aromatic N) is 6. The van der Waals surface area contributed by atoms with Gasteiger partial charge in [0.2, 0.25) is 5.95 Å². The molecule has 0 atom stereocenters. The van der Waals surface area contributed by atoms with Gasteiger partial charge in [-0.25, -0.2) is 15.0 Å². The van der Waals surface area contributed by atoms with Crippen LogP contribution in [0.15, 0.2) is 48.7 Å². The van der Waals surface area contributed by atoms with Crippen LogP contribution in [0.5, 0.6) is 5.75 Å². The van der Waals surface area contributed by atoms with Gasteiger partial charge >= 0.3 is 0 Å². The SMILES string of the molecule is COc1cc(N(C)CCN(C)C)c(N)cc1Nc1nccc(-c2nc3ccccc3n2C)n1. The van der Waals surface area contributed by atoms with Crippen molar-refractivity contribution in [2.45, 2.75) is 0 Å². The first kappa shape index (κ1) is 22.3. The van der Waals surface area contributed by atoms with Crippen molar-refractivity contribution in [2.75, 3.05) is 57.3 Å². The van der Waals surface area contributed by atoms with E-state index in [1.54, 1.807) is 13.3 Å². The third kappa shape index (κ3) is 4.68. The molecule has 2 heterocycles. The monoisotopic (exact) mass is 446 g/mol. The lowest BCUT2D eigenvalue weighted by molar-refractivity contribution is 0.413. The van der Waals surface area contributed by atoms with Gasteiger partial charge in [0.1, 0.15) is 11.4 Å². The first-order valence-electron chi connectivity index (χ1n) is 10.7. The van der Waals surface area contributed by atoms with E-state index in [0.29, 0.717) is 23.1 Å². The minimum absolute atomic E-state index is 0.436. The Kier molecular flexibility index (Phi) is 6.32. The number of fused-ring (bicyclic) bond motifs is 1. The van der Waals surface area contributed by atoms with Gasteiger partial charge in [-0.15, -0.1) is 0 Å². The molecule has 4 aromatic rings. The van der Waals surface area contributed by atoms with Crippen molar-refractivity contribution in [1.29, 1.82) is 0 Å². The molecule has 2 aromatic heterocycles. The zero-order valence-electron chi connectivity index (χ0n) is 19.7. The third-order valence-electron chi connectivity index (χ3n) is 5.56. The second-order valence-corrected chi connectivity index (χ2v) is 8.21. The number of nitrogens with one attached hydrogen (secondary N) is 1. The summed E-state index contributed by atoms with van der Waals surface area (Å²) in [5, 5.41) is 3.25. The van der Waals surface area contributed by atoms with Gasteiger partial charge in [-0.3, -0.25) is 0 Å². The van der Waals surface area contributed by atoms with Crippen LogP contribution in [-0.2, 0) is 7.05 Å². The van der Waals surface area contributed by atoms with Crippen molar-refractivity contribution in [3.05, 3.63) is 48.7 Å². The van der Waals surface area contributed by atoms with E-state index in [9.17, 15) is 0 Å². The number of likely N-dealkylation sites (N-methyl/N-ethyl adjacent to an activating group) is 2. The number of aryl methyl sites for hydroxylation is 1. The maximum atomic E-state index is 6.38. The van der Waals surface area contributed by atoms with Crippen molar-refractivity contribution in [3.8, 4) is 17.3 Å². The Bertz CT molecular complexity index is 1270. The quantitative estimate of drug-likeness (QED) is 0.398. The molecule has 0 aliphatic carbocycles. The Morgan fingerprint density at radius 1 is 1.06 bits per heavy atom. The van der Waals surface area contributed by atoms with Gasteiger partial charge in [0.15, 0.2) is 5.82 Å². The van der Waals surface area contributed by atoms with E-state index >= 15 is 0 Å². The maximum absolute atomic E-state index is 6.38. The molecule has 172 valence electrons. The summed E-state index contributed by atoms with van der Waals surface area (Å²) >= 11 is 0. The van der Waals surface area contributed by atoms with E-state index in [4.69, 9.17) is 15.5 Å². The molecule has 0 radical (unpaired) electrons. The van der Waals surface area contributed by atoms with Gasteiger partial charge < -0.3 is 30.2 Å². The lowest BCUT2D eigenvalue weighted by atomic mass is 10.2. The zero-order valence-corrected chi connectivity index (χ0v) is 19.7. The first-order valence-corrected chi connectivity index (χ1v) is 10.7. The highest BCUT2D eigenvalue weighted by Gasteiger charge is 2.15. The molecule has 0 saturated heterocycles. The molecule has 9 heteroatoms. The Hall–Kier alpha value is -3.85. The lowest BCUT2D eigenvalue weighted by Gasteiger charge is -2.24. The summed E-state index contributed by atoms with van der Waals surface area (Å²) in [6.45, 7) is 1.76. The van der Waals surface area contributed by atoms with E-state index < -0.39 is 0 Å². The number of methoxy groups -OCH3 is 1.